The normalized spacial score (nSPS) is 21.4. The zero-order valence-electron chi connectivity index (χ0n) is 19.4. The Bertz CT molecular complexity index is 1250. The van der Waals surface area contributed by atoms with Crippen molar-refractivity contribution < 1.29 is 18.0 Å². The van der Waals surface area contributed by atoms with Crippen molar-refractivity contribution in [1.82, 2.24) is 24.8 Å². The number of likely N-dealkylation sites (tertiary alicyclic amines) is 1. The van der Waals surface area contributed by atoms with Gasteiger partial charge in [0.1, 0.15) is 11.5 Å². The summed E-state index contributed by atoms with van der Waals surface area (Å²) in [6.45, 7) is 4.71. The van der Waals surface area contributed by atoms with E-state index in [1.807, 2.05) is 30.9 Å². The van der Waals surface area contributed by atoms with E-state index in [1.54, 1.807) is 12.3 Å². The SMILES string of the molecule is Cc1ccnc(-c2ccc(C)nc2C(=O)N2C[C@@H]3C[C@@H]3C[C@H]2CNc2ccc(C(F)(F)F)cn2)n1. The van der Waals surface area contributed by atoms with Crippen LogP contribution in [0.5, 0.6) is 0 Å². The minimum absolute atomic E-state index is 0.135. The van der Waals surface area contributed by atoms with Crippen LogP contribution in [0, 0.1) is 25.7 Å². The Hall–Kier alpha value is -3.56. The van der Waals surface area contributed by atoms with Crippen LogP contribution >= 0.6 is 0 Å². The summed E-state index contributed by atoms with van der Waals surface area (Å²) in [5.41, 5.74) is 1.61. The van der Waals surface area contributed by atoms with Gasteiger partial charge in [0.25, 0.3) is 5.91 Å². The molecule has 0 unspecified atom stereocenters. The van der Waals surface area contributed by atoms with E-state index in [4.69, 9.17) is 0 Å². The first-order valence-corrected chi connectivity index (χ1v) is 11.5. The Balaban J connectivity index is 1.38. The molecule has 1 saturated carbocycles. The summed E-state index contributed by atoms with van der Waals surface area (Å²) in [6.07, 6.45) is -0.0578. The molecule has 3 aromatic heterocycles. The summed E-state index contributed by atoms with van der Waals surface area (Å²) in [5, 5.41) is 3.12. The lowest BCUT2D eigenvalue weighted by molar-refractivity contribution is -0.137. The molecule has 1 saturated heterocycles. The first-order valence-electron chi connectivity index (χ1n) is 11.5. The lowest BCUT2D eigenvalue weighted by Gasteiger charge is -2.36. The van der Waals surface area contributed by atoms with Crippen molar-refractivity contribution in [3.8, 4) is 11.4 Å². The lowest BCUT2D eigenvalue weighted by Crippen LogP contribution is -2.48. The summed E-state index contributed by atoms with van der Waals surface area (Å²) in [5.74, 6) is 1.64. The van der Waals surface area contributed by atoms with Crippen molar-refractivity contribution in [2.45, 2.75) is 38.9 Å². The van der Waals surface area contributed by atoms with Gasteiger partial charge < -0.3 is 10.2 Å². The summed E-state index contributed by atoms with van der Waals surface area (Å²) in [4.78, 5) is 32.9. The molecule has 7 nitrogen and oxygen atoms in total. The van der Waals surface area contributed by atoms with Gasteiger partial charge in [-0.3, -0.25) is 4.79 Å². The summed E-state index contributed by atoms with van der Waals surface area (Å²) in [6, 6.07) is 7.63. The van der Waals surface area contributed by atoms with Crippen LogP contribution in [0.25, 0.3) is 11.4 Å². The van der Waals surface area contributed by atoms with Gasteiger partial charge in [0.2, 0.25) is 0 Å². The van der Waals surface area contributed by atoms with Gasteiger partial charge in [-0.25, -0.2) is 19.9 Å². The Morgan fingerprint density at radius 3 is 2.54 bits per heavy atom. The summed E-state index contributed by atoms with van der Waals surface area (Å²) in [7, 11) is 0. The van der Waals surface area contributed by atoms with Crippen LogP contribution in [0.2, 0.25) is 0 Å². The molecule has 0 radical (unpaired) electrons. The van der Waals surface area contributed by atoms with Gasteiger partial charge >= 0.3 is 6.18 Å². The Morgan fingerprint density at radius 1 is 1.03 bits per heavy atom. The molecule has 0 spiro atoms. The fourth-order valence-corrected chi connectivity index (χ4v) is 4.65. The van der Waals surface area contributed by atoms with Crippen molar-refractivity contribution in [3.05, 3.63) is 65.4 Å². The highest BCUT2D eigenvalue weighted by Gasteiger charge is 2.47. The summed E-state index contributed by atoms with van der Waals surface area (Å²) >= 11 is 0. The molecule has 0 aromatic carbocycles. The van der Waals surface area contributed by atoms with Gasteiger partial charge in [0.05, 0.1) is 11.1 Å². The molecule has 2 aliphatic rings. The third-order valence-corrected chi connectivity index (χ3v) is 6.66. The number of aromatic nitrogens is 4. The van der Waals surface area contributed by atoms with E-state index >= 15 is 0 Å². The van der Waals surface area contributed by atoms with Crippen LogP contribution in [-0.4, -0.2) is 49.9 Å². The van der Waals surface area contributed by atoms with Crippen LogP contribution in [0.3, 0.4) is 0 Å². The number of carbonyl (C=O) groups is 1. The number of nitrogens with zero attached hydrogens (tertiary/aromatic N) is 5. The molecule has 10 heteroatoms. The minimum atomic E-state index is -4.43. The largest absolute Gasteiger partial charge is 0.417 e. The maximum atomic E-state index is 13.8. The predicted molar refractivity (Wildman–Crippen MR) is 124 cm³/mol. The van der Waals surface area contributed by atoms with Crippen molar-refractivity contribution in [2.24, 2.45) is 11.8 Å². The van der Waals surface area contributed by atoms with Gasteiger partial charge in [0, 0.05) is 42.9 Å². The fraction of sp³-hybridized carbons (Fsp3) is 0.400. The highest BCUT2D eigenvalue weighted by molar-refractivity contribution is 5.98. The monoisotopic (exact) mass is 482 g/mol. The first-order chi connectivity index (χ1) is 16.7. The fourth-order valence-electron chi connectivity index (χ4n) is 4.65. The van der Waals surface area contributed by atoms with E-state index in [-0.39, 0.29) is 11.9 Å². The smallest absolute Gasteiger partial charge is 0.368 e. The van der Waals surface area contributed by atoms with Gasteiger partial charge in [-0.2, -0.15) is 13.2 Å². The number of alkyl halides is 3. The lowest BCUT2D eigenvalue weighted by atomic mass is 10.00. The molecule has 1 N–H and O–H groups in total. The number of hydrogen-bond acceptors (Lipinski definition) is 6. The van der Waals surface area contributed by atoms with Gasteiger partial charge in [-0.1, -0.05) is 0 Å². The zero-order chi connectivity index (χ0) is 24.7. The molecular weight excluding hydrogens is 457 g/mol. The molecule has 0 bridgehead atoms. The molecule has 1 aliphatic heterocycles. The third kappa shape index (κ3) is 4.96. The molecule has 3 aromatic rings. The van der Waals surface area contributed by atoms with E-state index < -0.39 is 11.7 Å². The van der Waals surface area contributed by atoms with E-state index in [0.717, 1.165) is 36.5 Å². The van der Waals surface area contributed by atoms with Crippen LogP contribution in [-0.2, 0) is 6.18 Å². The van der Waals surface area contributed by atoms with Gasteiger partial charge in [-0.05, 0) is 68.9 Å². The Kier molecular flexibility index (Phi) is 5.90. The molecule has 182 valence electrons. The summed E-state index contributed by atoms with van der Waals surface area (Å²) < 4.78 is 38.5. The Labute approximate surface area is 200 Å². The number of carbonyl (C=O) groups excluding carboxylic acids is 1. The molecule has 35 heavy (non-hydrogen) atoms. The average molecular weight is 483 g/mol. The predicted octanol–water partition coefficient (Wildman–Crippen LogP) is 4.53. The van der Waals surface area contributed by atoms with E-state index in [2.05, 4.69) is 25.3 Å². The number of hydrogen-bond donors (Lipinski definition) is 1. The van der Waals surface area contributed by atoms with Gasteiger partial charge in [-0.15, -0.1) is 0 Å². The second-order valence-electron chi connectivity index (χ2n) is 9.28. The maximum Gasteiger partial charge on any atom is 0.417 e. The molecule has 5 rings (SSSR count). The van der Waals surface area contributed by atoms with Crippen molar-refractivity contribution in [1.29, 1.82) is 0 Å². The van der Waals surface area contributed by atoms with Crippen LogP contribution < -0.4 is 5.32 Å². The third-order valence-electron chi connectivity index (χ3n) is 6.66. The molecule has 1 aliphatic carbocycles. The van der Waals surface area contributed by atoms with Crippen LogP contribution in [0.1, 0.15) is 40.3 Å². The molecule has 1 amide bonds. The number of rotatable bonds is 5. The van der Waals surface area contributed by atoms with E-state index in [1.165, 1.54) is 6.07 Å². The quantitative estimate of drug-likeness (QED) is 0.575. The average Bonchev–Trinajstić information content (AvgIpc) is 3.60. The second-order valence-corrected chi connectivity index (χ2v) is 9.28. The molecule has 2 fully saturated rings. The van der Waals surface area contributed by atoms with E-state index in [0.29, 0.717) is 47.8 Å². The van der Waals surface area contributed by atoms with E-state index in [9.17, 15) is 18.0 Å². The van der Waals surface area contributed by atoms with Crippen molar-refractivity contribution in [3.63, 3.8) is 0 Å². The molecule has 4 heterocycles. The molecular formula is C25H25F3N6O. The number of fused-ring (bicyclic) bond motifs is 1. The van der Waals surface area contributed by atoms with Crippen molar-refractivity contribution >= 4 is 11.7 Å². The zero-order valence-corrected chi connectivity index (χ0v) is 19.4. The highest BCUT2D eigenvalue weighted by atomic mass is 19.4. The van der Waals surface area contributed by atoms with Crippen LogP contribution in [0.15, 0.2) is 42.7 Å². The Morgan fingerprint density at radius 2 is 1.83 bits per heavy atom. The molecule has 3 atom stereocenters. The first kappa shape index (κ1) is 23.2. The number of pyridine rings is 2. The topological polar surface area (TPSA) is 83.9 Å². The number of aryl methyl sites for hydroxylation is 2. The maximum absolute atomic E-state index is 13.8. The van der Waals surface area contributed by atoms with Crippen LogP contribution in [0.4, 0.5) is 19.0 Å². The number of piperidine rings is 1. The number of amides is 1. The number of halogens is 3. The van der Waals surface area contributed by atoms with Crippen molar-refractivity contribution in [2.75, 3.05) is 18.4 Å². The second kappa shape index (κ2) is 8.90. The minimum Gasteiger partial charge on any atom is -0.368 e. The highest BCUT2D eigenvalue weighted by Crippen LogP contribution is 2.47. The van der Waals surface area contributed by atoms with Gasteiger partial charge in [0.15, 0.2) is 5.82 Å². The standard InChI is InChI=1S/C25H25F3N6O/c1-14-3-5-20(23-29-8-7-15(2)33-23)22(32-14)24(35)34-13-17-9-16(17)10-19(34)12-31-21-6-4-18(11-30-21)25(26,27)28/h3-8,11,16-17,19H,9-10,12-13H2,1-2H3,(H,30,31)/t16-,17+,19+/m1/s1. The number of nitrogens with one attached hydrogen (secondary N) is 1. The number of anilines is 1.